The molecular weight excluding hydrogens is 324 g/mol. The van der Waals surface area contributed by atoms with Crippen molar-refractivity contribution in [3.8, 4) is 0 Å². The van der Waals surface area contributed by atoms with Gasteiger partial charge in [0.05, 0.1) is 0 Å². The summed E-state index contributed by atoms with van der Waals surface area (Å²) >= 11 is 0. The van der Waals surface area contributed by atoms with Crippen LogP contribution >= 0.6 is 0 Å². The average Bonchev–Trinajstić information content (AvgIpc) is 1.62. The summed E-state index contributed by atoms with van der Waals surface area (Å²) in [6, 6.07) is 0. The van der Waals surface area contributed by atoms with Crippen molar-refractivity contribution in [1.82, 2.24) is 0 Å². The maximum Gasteiger partial charge on any atom is 0 e. The Morgan fingerprint density at radius 1 is 0.800 bits per heavy atom. The molecule has 0 fully saturated rings. The van der Waals surface area contributed by atoms with Crippen molar-refractivity contribution in [3.63, 3.8) is 0 Å². The molecule has 61 valence electrons. The molecule has 0 saturated heterocycles. The minimum absolute atomic E-state index is 0. The van der Waals surface area contributed by atoms with Gasteiger partial charge >= 0.3 is 0 Å². The third kappa shape index (κ3) is 6.54. The molecule has 0 spiro atoms. The van der Waals surface area contributed by atoms with E-state index in [0.717, 1.165) is 0 Å². The Morgan fingerprint density at radius 3 is 1.60 bits per heavy atom. The summed E-state index contributed by atoms with van der Waals surface area (Å²) in [6.07, 6.45) is 14.0. The van der Waals surface area contributed by atoms with Crippen LogP contribution in [0.4, 0.5) is 0 Å². The topological polar surface area (TPSA) is 0 Å². The van der Waals surface area contributed by atoms with Gasteiger partial charge in [-0.05, 0) is 25.7 Å². The summed E-state index contributed by atoms with van der Waals surface area (Å²) in [5, 5.41) is 0. The van der Waals surface area contributed by atoms with Crippen molar-refractivity contribution in [2.45, 2.75) is 25.7 Å². The van der Waals surface area contributed by atoms with Crippen LogP contribution in [0.1, 0.15) is 25.7 Å². The van der Waals surface area contributed by atoms with Gasteiger partial charge in [-0.15, -0.1) is 0 Å². The summed E-state index contributed by atoms with van der Waals surface area (Å²) in [5.74, 6) is 0. The normalized spacial score (nSPS) is 16.0. The third-order valence-electron chi connectivity index (χ3n) is 1.37. The van der Waals surface area contributed by atoms with Gasteiger partial charge in [0, 0.05) is 20.1 Å². The molecule has 0 aliphatic heterocycles. The summed E-state index contributed by atoms with van der Waals surface area (Å²) in [7, 11) is 0. The van der Waals surface area contributed by atoms with Crippen LogP contribution in [0.2, 0.25) is 0 Å². The molecule has 0 aromatic rings. The van der Waals surface area contributed by atoms with Crippen LogP contribution in [0.5, 0.6) is 0 Å². The first-order valence-corrected chi connectivity index (χ1v) is 3.32. The minimum atomic E-state index is 0. The molecule has 0 saturated carbocycles. The van der Waals surface area contributed by atoms with E-state index in [1.54, 1.807) is 0 Å². The molecule has 0 atom stereocenters. The van der Waals surface area contributed by atoms with E-state index in [2.05, 4.69) is 24.3 Å². The summed E-state index contributed by atoms with van der Waals surface area (Å²) < 4.78 is 0. The molecule has 1 aliphatic carbocycles. The van der Waals surface area contributed by atoms with Crippen LogP contribution in [0.25, 0.3) is 0 Å². The maximum absolute atomic E-state index is 2.23. The van der Waals surface area contributed by atoms with Gasteiger partial charge in [0.25, 0.3) is 0 Å². The SMILES string of the molecule is C1=CCCCCC=C1.[Cl-].[Ir]. The van der Waals surface area contributed by atoms with Crippen LogP contribution in [-0.4, -0.2) is 0 Å². The molecule has 2 heteroatoms. The molecular formula is C8H12ClIr-. The molecule has 0 unspecified atom stereocenters. The van der Waals surface area contributed by atoms with Gasteiger partial charge in [0.15, 0.2) is 0 Å². The molecule has 1 aliphatic rings. The Morgan fingerprint density at radius 2 is 1.20 bits per heavy atom. The van der Waals surface area contributed by atoms with Gasteiger partial charge in [-0.3, -0.25) is 0 Å². The average molecular weight is 336 g/mol. The van der Waals surface area contributed by atoms with Crippen LogP contribution in [-0.2, 0) is 20.1 Å². The Hall–Kier alpha value is 0.419. The molecule has 1 radical (unpaired) electrons. The first kappa shape index (κ1) is 13.0. The fourth-order valence-electron chi connectivity index (χ4n) is 0.874. The van der Waals surface area contributed by atoms with E-state index in [1.165, 1.54) is 25.7 Å². The summed E-state index contributed by atoms with van der Waals surface area (Å²) in [5.41, 5.74) is 0. The van der Waals surface area contributed by atoms with Gasteiger partial charge < -0.3 is 12.4 Å². The third-order valence-corrected chi connectivity index (χ3v) is 1.37. The zero-order chi connectivity index (χ0) is 5.66. The Balaban J connectivity index is 0. The number of hydrogen-bond acceptors (Lipinski definition) is 0. The minimum Gasteiger partial charge on any atom is -1.00 e. The van der Waals surface area contributed by atoms with Crippen LogP contribution < -0.4 is 12.4 Å². The maximum atomic E-state index is 2.23. The standard InChI is InChI=1S/C8H12.ClH.Ir/c1-2-4-6-8-7-5-3-1;;/h1-4H,5-8H2;1H;/p-1. The van der Waals surface area contributed by atoms with Crippen molar-refractivity contribution in [2.24, 2.45) is 0 Å². The summed E-state index contributed by atoms with van der Waals surface area (Å²) in [4.78, 5) is 0. The largest absolute Gasteiger partial charge is 1.00 e. The molecule has 0 heterocycles. The molecule has 1 rings (SSSR count). The van der Waals surface area contributed by atoms with E-state index in [9.17, 15) is 0 Å². The summed E-state index contributed by atoms with van der Waals surface area (Å²) in [6.45, 7) is 0. The van der Waals surface area contributed by atoms with Crippen molar-refractivity contribution >= 4 is 0 Å². The Kier molecular flexibility index (Phi) is 12.3. The van der Waals surface area contributed by atoms with Crippen LogP contribution in [0.3, 0.4) is 0 Å². The van der Waals surface area contributed by atoms with E-state index < -0.39 is 0 Å². The van der Waals surface area contributed by atoms with Gasteiger partial charge in [-0.2, -0.15) is 0 Å². The van der Waals surface area contributed by atoms with E-state index in [4.69, 9.17) is 0 Å². The van der Waals surface area contributed by atoms with E-state index >= 15 is 0 Å². The number of hydrogen-bond donors (Lipinski definition) is 0. The first-order chi connectivity index (χ1) is 4.00. The number of rotatable bonds is 0. The predicted molar refractivity (Wildman–Crippen MR) is 36.7 cm³/mol. The number of halogens is 1. The molecule has 0 nitrogen and oxygen atoms in total. The van der Waals surface area contributed by atoms with E-state index in [0.29, 0.717) is 0 Å². The molecule has 0 bridgehead atoms. The van der Waals surface area contributed by atoms with Crippen LogP contribution in [0.15, 0.2) is 24.3 Å². The molecule has 0 aromatic carbocycles. The van der Waals surface area contributed by atoms with Crippen molar-refractivity contribution < 1.29 is 32.5 Å². The van der Waals surface area contributed by atoms with Gasteiger partial charge in [-0.1, -0.05) is 24.3 Å². The van der Waals surface area contributed by atoms with Gasteiger partial charge in [-0.25, -0.2) is 0 Å². The first-order valence-electron chi connectivity index (χ1n) is 3.32. The molecule has 0 N–H and O–H groups in total. The number of allylic oxidation sites excluding steroid dienone is 4. The van der Waals surface area contributed by atoms with Crippen LogP contribution in [0, 0.1) is 0 Å². The predicted octanol–water partition coefficient (Wildman–Crippen LogP) is -0.326. The Labute approximate surface area is 82.5 Å². The van der Waals surface area contributed by atoms with E-state index in [-0.39, 0.29) is 32.5 Å². The van der Waals surface area contributed by atoms with Crippen molar-refractivity contribution in [1.29, 1.82) is 0 Å². The van der Waals surface area contributed by atoms with Crippen molar-refractivity contribution in [3.05, 3.63) is 24.3 Å². The fraction of sp³-hybridized carbons (Fsp3) is 0.500. The Bertz CT molecular complexity index is 93.8. The molecule has 0 aromatic heterocycles. The van der Waals surface area contributed by atoms with Gasteiger partial charge in [0.2, 0.25) is 0 Å². The molecule has 0 amide bonds. The second-order valence-corrected chi connectivity index (χ2v) is 2.14. The second-order valence-electron chi connectivity index (χ2n) is 2.14. The monoisotopic (exact) mass is 336 g/mol. The fourth-order valence-corrected chi connectivity index (χ4v) is 0.874. The van der Waals surface area contributed by atoms with E-state index in [1.807, 2.05) is 0 Å². The van der Waals surface area contributed by atoms with Crippen molar-refractivity contribution in [2.75, 3.05) is 0 Å². The zero-order valence-corrected chi connectivity index (χ0v) is 9.00. The van der Waals surface area contributed by atoms with Gasteiger partial charge in [0.1, 0.15) is 0 Å². The quantitative estimate of drug-likeness (QED) is 0.569. The smallest absolute Gasteiger partial charge is 0 e. The second kappa shape index (κ2) is 9.42. The molecule has 10 heavy (non-hydrogen) atoms. The zero-order valence-electron chi connectivity index (χ0n) is 5.85.